The van der Waals surface area contributed by atoms with Crippen LogP contribution >= 0.6 is 23.7 Å². The molecule has 0 aliphatic heterocycles. The first-order valence-electron chi connectivity index (χ1n) is 7.31. The summed E-state index contributed by atoms with van der Waals surface area (Å²) < 4.78 is 0. The van der Waals surface area contributed by atoms with E-state index in [0.29, 0.717) is 5.13 Å². The number of benzene rings is 1. The van der Waals surface area contributed by atoms with Crippen molar-refractivity contribution in [3.05, 3.63) is 35.7 Å². The van der Waals surface area contributed by atoms with Crippen LogP contribution in [0.15, 0.2) is 35.7 Å². The summed E-state index contributed by atoms with van der Waals surface area (Å²) in [5.74, 6) is -0.645. The van der Waals surface area contributed by atoms with Gasteiger partial charge in [0.1, 0.15) is 0 Å². The Labute approximate surface area is 151 Å². The number of rotatable bonds is 6. The van der Waals surface area contributed by atoms with Gasteiger partial charge in [0.2, 0.25) is 11.8 Å². The van der Waals surface area contributed by atoms with Crippen molar-refractivity contribution in [3.8, 4) is 11.3 Å². The molecule has 2 rings (SSSR count). The van der Waals surface area contributed by atoms with E-state index in [4.69, 9.17) is 5.73 Å². The van der Waals surface area contributed by atoms with Crippen LogP contribution in [0.25, 0.3) is 11.3 Å². The van der Waals surface area contributed by atoms with E-state index >= 15 is 0 Å². The number of hydrogen-bond donors (Lipinski definition) is 3. The summed E-state index contributed by atoms with van der Waals surface area (Å²) in [5.41, 5.74) is 7.50. The summed E-state index contributed by atoms with van der Waals surface area (Å²) in [6.45, 7) is 3.58. The van der Waals surface area contributed by atoms with Crippen LogP contribution in [-0.4, -0.2) is 29.4 Å². The highest BCUT2D eigenvalue weighted by Gasteiger charge is 2.17. The Balaban J connectivity index is 0.00000288. The van der Waals surface area contributed by atoms with Crippen LogP contribution in [0.1, 0.15) is 13.8 Å². The number of carbonyl (C=O) groups is 2. The highest BCUT2D eigenvalue weighted by Crippen LogP contribution is 2.24. The van der Waals surface area contributed by atoms with Crippen LogP contribution in [-0.2, 0) is 9.59 Å². The second-order valence-electron chi connectivity index (χ2n) is 5.44. The van der Waals surface area contributed by atoms with E-state index in [0.717, 1.165) is 11.3 Å². The van der Waals surface area contributed by atoms with Gasteiger partial charge in [-0.25, -0.2) is 4.98 Å². The van der Waals surface area contributed by atoms with Crippen LogP contribution in [0.2, 0.25) is 0 Å². The van der Waals surface area contributed by atoms with Crippen molar-refractivity contribution < 1.29 is 9.59 Å². The maximum absolute atomic E-state index is 11.9. The molecule has 1 atom stereocenters. The smallest absolute Gasteiger partial charge is 0.245 e. The van der Waals surface area contributed by atoms with E-state index in [1.807, 2.05) is 49.6 Å². The third-order valence-corrected chi connectivity index (χ3v) is 4.02. The van der Waals surface area contributed by atoms with Gasteiger partial charge in [-0.3, -0.25) is 9.59 Å². The standard InChI is InChI=1S/C16H20N4O2S.ClH/c1-10(2)14(17)15(22)18-8-13(21)20-16-19-12(9-23-16)11-6-4-3-5-7-11;/h3-7,9-10,14H,8,17H2,1-2H3,(H,18,22)(H,19,20,21);1H/t14-;/m0./s1. The predicted octanol–water partition coefficient (Wildman–Crippen LogP) is 2.27. The average molecular weight is 369 g/mol. The molecule has 0 aliphatic rings. The molecule has 24 heavy (non-hydrogen) atoms. The predicted molar refractivity (Wildman–Crippen MR) is 99.3 cm³/mol. The third-order valence-electron chi connectivity index (χ3n) is 3.26. The van der Waals surface area contributed by atoms with Gasteiger partial charge >= 0.3 is 0 Å². The largest absolute Gasteiger partial charge is 0.346 e. The number of anilines is 1. The Bertz CT molecular complexity index is 676. The van der Waals surface area contributed by atoms with Crippen molar-refractivity contribution in [2.24, 2.45) is 11.7 Å². The zero-order valence-corrected chi connectivity index (χ0v) is 15.1. The van der Waals surface area contributed by atoms with Crippen LogP contribution in [0.5, 0.6) is 0 Å². The van der Waals surface area contributed by atoms with Gasteiger partial charge in [-0.2, -0.15) is 0 Å². The van der Waals surface area contributed by atoms with Gasteiger partial charge in [0.05, 0.1) is 18.3 Å². The summed E-state index contributed by atoms with van der Waals surface area (Å²) >= 11 is 1.34. The number of carbonyl (C=O) groups excluding carboxylic acids is 2. The first-order valence-corrected chi connectivity index (χ1v) is 8.19. The van der Waals surface area contributed by atoms with Crippen LogP contribution < -0.4 is 16.4 Å². The number of thiazole rings is 1. The van der Waals surface area contributed by atoms with Crippen molar-refractivity contribution in [2.45, 2.75) is 19.9 Å². The Kier molecular flexibility index (Phi) is 7.84. The monoisotopic (exact) mass is 368 g/mol. The van der Waals surface area contributed by atoms with Crippen molar-refractivity contribution in [1.29, 1.82) is 0 Å². The molecule has 0 bridgehead atoms. The van der Waals surface area contributed by atoms with Crippen molar-refractivity contribution >= 4 is 40.7 Å². The lowest BCUT2D eigenvalue weighted by Gasteiger charge is -2.14. The normalized spacial score (nSPS) is 11.5. The minimum atomic E-state index is -0.618. The Morgan fingerprint density at radius 3 is 2.54 bits per heavy atom. The Morgan fingerprint density at radius 2 is 1.92 bits per heavy atom. The molecular weight excluding hydrogens is 348 g/mol. The molecule has 8 heteroatoms. The summed E-state index contributed by atoms with van der Waals surface area (Å²) in [5, 5.41) is 7.56. The maximum atomic E-state index is 11.9. The number of amides is 2. The van der Waals surface area contributed by atoms with Crippen molar-refractivity contribution in [3.63, 3.8) is 0 Å². The maximum Gasteiger partial charge on any atom is 0.245 e. The Morgan fingerprint density at radius 1 is 1.25 bits per heavy atom. The quantitative estimate of drug-likeness (QED) is 0.728. The summed E-state index contributed by atoms with van der Waals surface area (Å²) in [6.07, 6.45) is 0. The SMILES string of the molecule is CC(C)[C@H](N)C(=O)NCC(=O)Nc1nc(-c2ccccc2)cs1.Cl. The summed E-state index contributed by atoms with van der Waals surface area (Å²) in [6, 6.07) is 9.08. The lowest BCUT2D eigenvalue weighted by atomic mass is 10.1. The molecule has 2 aromatic rings. The van der Waals surface area contributed by atoms with Gasteiger partial charge in [-0.1, -0.05) is 44.2 Å². The minimum Gasteiger partial charge on any atom is -0.346 e. The van der Waals surface area contributed by atoms with E-state index in [9.17, 15) is 9.59 Å². The van der Waals surface area contributed by atoms with E-state index in [1.54, 1.807) is 0 Å². The zero-order chi connectivity index (χ0) is 16.8. The summed E-state index contributed by atoms with van der Waals surface area (Å²) in [7, 11) is 0. The highest BCUT2D eigenvalue weighted by atomic mass is 35.5. The molecule has 0 fully saturated rings. The molecule has 1 aromatic carbocycles. The fraction of sp³-hybridized carbons (Fsp3) is 0.312. The minimum absolute atomic E-state index is 0. The number of nitrogens with one attached hydrogen (secondary N) is 2. The second-order valence-corrected chi connectivity index (χ2v) is 6.30. The number of halogens is 1. The van der Waals surface area contributed by atoms with Crippen LogP contribution in [0, 0.1) is 5.92 Å². The van der Waals surface area contributed by atoms with Crippen LogP contribution in [0.4, 0.5) is 5.13 Å². The molecule has 130 valence electrons. The number of nitrogens with zero attached hydrogens (tertiary/aromatic N) is 1. The van der Waals surface area contributed by atoms with E-state index in [-0.39, 0.29) is 36.7 Å². The molecule has 0 saturated carbocycles. The molecule has 0 saturated heterocycles. The first-order chi connectivity index (χ1) is 11.0. The second kappa shape index (κ2) is 9.36. The van der Waals surface area contributed by atoms with Crippen molar-refractivity contribution in [2.75, 3.05) is 11.9 Å². The highest BCUT2D eigenvalue weighted by molar-refractivity contribution is 7.14. The molecule has 0 unspecified atom stereocenters. The fourth-order valence-corrected chi connectivity index (χ4v) is 2.56. The van der Waals surface area contributed by atoms with E-state index in [2.05, 4.69) is 15.6 Å². The molecule has 4 N–H and O–H groups in total. The fourth-order valence-electron chi connectivity index (χ4n) is 1.82. The molecule has 2 amide bonds. The van der Waals surface area contributed by atoms with Gasteiger partial charge in [-0.15, -0.1) is 23.7 Å². The third kappa shape index (κ3) is 5.59. The molecule has 6 nitrogen and oxygen atoms in total. The molecule has 0 spiro atoms. The van der Waals surface area contributed by atoms with Gasteiger partial charge < -0.3 is 16.4 Å². The molecule has 0 aliphatic carbocycles. The van der Waals surface area contributed by atoms with Gasteiger partial charge in [0.25, 0.3) is 0 Å². The number of hydrogen-bond acceptors (Lipinski definition) is 5. The lowest BCUT2D eigenvalue weighted by molar-refractivity contribution is -0.125. The first kappa shape index (κ1) is 20.1. The molecule has 1 heterocycles. The molecule has 0 radical (unpaired) electrons. The molecular formula is C16H21ClN4O2S. The summed E-state index contributed by atoms with van der Waals surface area (Å²) in [4.78, 5) is 27.9. The zero-order valence-electron chi connectivity index (χ0n) is 13.5. The van der Waals surface area contributed by atoms with Crippen molar-refractivity contribution in [1.82, 2.24) is 10.3 Å². The lowest BCUT2D eigenvalue weighted by Crippen LogP contribution is -2.46. The molecule has 1 aromatic heterocycles. The van der Waals surface area contributed by atoms with Crippen LogP contribution in [0.3, 0.4) is 0 Å². The van der Waals surface area contributed by atoms with E-state index in [1.165, 1.54) is 11.3 Å². The topological polar surface area (TPSA) is 97.1 Å². The number of nitrogens with two attached hydrogens (primary N) is 1. The van der Waals surface area contributed by atoms with Gasteiger partial charge in [0.15, 0.2) is 5.13 Å². The van der Waals surface area contributed by atoms with E-state index < -0.39 is 6.04 Å². The average Bonchev–Trinajstić information content (AvgIpc) is 3.01. The number of aromatic nitrogens is 1. The Hall–Kier alpha value is -1.96. The van der Waals surface area contributed by atoms with Gasteiger partial charge in [0, 0.05) is 10.9 Å². The van der Waals surface area contributed by atoms with Gasteiger partial charge in [-0.05, 0) is 5.92 Å².